The molecule has 9 nitrogen and oxygen atoms in total. The van der Waals surface area contributed by atoms with Crippen LogP contribution in [0.15, 0.2) is 16.2 Å². The molecule has 2 aliphatic heterocycles. The molecule has 32 heavy (non-hydrogen) atoms. The highest BCUT2D eigenvalue weighted by Gasteiger charge is 2.28. The molecule has 5 heterocycles. The maximum Gasteiger partial charge on any atom is 0.272 e. The van der Waals surface area contributed by atoms with Gasteiger partial charge >= 0.3 is 0 Å². The molecule has 0 radical (unpaired) electrons. The highest BCUT2D eigenvalue weighted by atomic mass is 32.1. The average molecular weight is 458 g/mol. The van der Waals surface area contributed by atoms with Crippen LogP contribution in [0.3, 0.4) is 0 Å². The standard InChI is InChI=1S/C22H31N7O2S/c1-15-10-16(2)12-28(11-15)19(30)14-27-7-5-26(6-8-27)13-18-23-24-22-25(3)21(31)20-17(29(18)22)4-9-32-20/h4,9,15-16H,5-8,10-14H2,1-3H3. The molecular weight excluding hydrogens is 426 g/mol. The zero-order chi connectivity index (χ0) is 22.4. The van der Waals surface area contributed by atoms with Crippen LogP contribution < -0.4 is 5.56 Å². The minimum absolute atomic E-state index is 0.0303. The molecule has 5 rings (SSSR count). The number of piperidine rings is 1. The Balaban J connectivity index is 1.23. The van der Waals surface area contributed by atoms with Gasteiger partial charge in [-0.3, -0.25) is 28.4 Å². The van der Waals surface area contributed by atoms with Gasteiger partial charge in [-0.15, -0.1) is 21.5 Å². The molecule has 3 aromatic heterocycles. The van der Waals surface area contributed by atoms with Crippen LogP contribution >= 0.6 is 11.3 Å². The summed E-state index contributed by atoms with van der Waals surface area (Å²) in [6.45, 7) is 11.0. The van der Waals surface area contributed by atoms with E-state index in [9.17, 15) is 9.59 Å². The van der Waals surface area contributed by atoms with E-state index in [0.29, 0.717) is 30.7 Å². The number of nitrogens with zero attached hydrogens (tertiary/aromatic N) is 7. The molecule has 1 amide bonds. The van der Waals surface area contributed by atoms with Crippen LogP contribution in [-0.2, 0) is 18.4 Å². The van der Waals surface area contributed by atoms with Gasteiger partial charge in [-0.1, -0.05) is 13.8 Å². The Bertz CT molecular complexity index is 1180. The first-order valence-corrected chi connectivity index (χ1v) is 12.3. The summed E-state index contributed by atoms with van der Waals surface area (Å²) >= 11 is 1.45. The lowest BCUT2D eigenvalue weighted by Gasteiger charge is -2.38. The van der Waals surface area contributed by atoms with E-state index in [2.05, 4.69) is 38.7 Å². The predicted octanol–water partition coefficient (Wildman–Crippen LogP) is 1.26. The topological polar surface area (TPSA) is 79.0 Å². The van der Waals surface area contributed by atoms with Gasteiger partial charge in [0.15, 0.2) is 5.82 Å². The third-order valence-corrected chi connectivity index (χ3v) is 7.70. The van der Waals surface area contributed by atoms with Crippen molar-refractivity contribution < 1.29 is 4.79 Å². The zero-order valence-electron chi connectivity index (χ0n) is 19.0. The smallest absolute Gasteiger partial charge is 0.272 e. The van der Waals surface area contributed by atoms with Gasteiger partial charge in [0.25, 0.3) is 5.56 Å². The number of rotatable bonds is 4. The highest BCUT2D eigenvalue weighted by molar-refractivity contribution is 7.17. The maximum atomic E-state index is 12.8. The molecule has 10 heteroatoms. The number of carbonyl (C=O) groups is 1. The van der Waals surface area contributed by atoms with E-state index >= 15 is 0 Å². The van der Waals surface area contributed by atoms with Crippen molar-refractivity contribution >= 4 is 33.2 Å². The second kappa shape index (κ2) is 8.57. The molecular formula is C22H31N7O2S. The van der Waals surface area contributed by atoms with Crippen LogP contribution in [-0.4, -0.2) is 85.6 Å². The van der Waals surface area contributed by atoms with Crippen molar-refractivity contribution in [3.05, 3.63) is 27.6 Å². The van der Waals surface area contributed by atoms with E-state index < -0.39 is 0 Å². The van der Waals surface area contributed by atoms with Gasteiger partial charge in [-0.2, -0.15) is 0 Å². The Labute approximate surface area is 191 Å². The third kappa shape index (κ3) is 3.95. The Kier molecular flexibility index (Phi) is 5.77. The van der Waals surface area contributed by atoms with E-state index in [4.69, 9.17) is 0 Å². The third-order valence-electron chi connectivity index (χ3n) is 6.81. The molecule has 2 unspecified atom stereocenters. The molecule has 2 saturated heterocycles. The van der Waals surface area contributed by atoms with Crippen LogP contribution in [0.4, 0.5) is 0 Å². The summed E-state index contributed by atoms with van der Waals surface area (Å²) in [6, 6.07) is 1.97. The SMILES string of the molecule is CC1CC(C)CN(C(=O)CN2CCN(Cc3nnc4n(C)c(=O)c5sccc5n34)CC2)C1. The normalized spacial score (nSPS) is 23.4. The van der Waals surface area contributed by atoms with Gasteiger partial charge in [-0.05, 0) is 29.7 Å². The second-order valence-corrected chi connectivity index (χ2v) is 10.5. The lowest BCUT2D eigenvalue weighted by atomic mass is 9.92. The first-order chi connectivity index (χ1) is 15.4. The summed E-state index contributed by atoms with van der Waals surface area (Å²) in [5.74, 6) is 2.87. The molecule has 2 aliphatic rings. The Morgan fingerprint density at radius 1 is 1.09 bits per heavy atom. The van der Waals surface area contributed by atoms with Crippen molar-refractivity contribution in [1.29, 1.82) is 0 Å². The van der Waals surface area contributed by atoms with Gasteiger partial charge in [-0.25, -0.2) is 0 Å². The van der Waals surface area contributed by atoms with E-state index in [0.717, 1.165) is 55.3 Å². The van der Waals surface area contributed by atoms with Gasteiger partial charge < -0.3 is 4.90 Å². The Morgan fingerprint density at radius 3 is 2.50 bits per heavy atom. The van der Waals surface area contributed by atoms with E-state index in [1.165, 1.54) is 17.8 Å². The largest absolute Gasteiger partial charge is 0.341 e. The van der Waals surface area contributed by atoms with E-state index in [-0.39, 0.29) is 11.5 Å². The van der Waals surface area contributed by atoms with Gasteiger partial charge in [0.05, 0.1) is 18.6 Å². The van der Waals surface area contributed by atoms with Crippen molar-refractivity contribution in [1.82, 2.24) is 33.9 Å². The Morgan fingerprint density at radius 2 is 1.78 bits per heavy atom. The van der Waals surface area contributed by atoms with Gasteiger partial charge in [0.2, 0.25) is 11.7 Å². The number of fused-ring (bicyclic) bond motifs is 3. The molecule has 0 aromatic carbocycles. The van der Waals surface area contributed by atoms with Crippen LogP contribution in [0.1, 0.15) is 26.1 Å². The number of aromatic nitrogens is 4. The van der Waals surface area contributed by atoms with Gasteiger partial charge in [0.1, 0.15) is 4.70 Å². The monoisotopic (exact) mass is 457 g/mol. The highest BCUT2D eigenvalue weighted by Crippen LogP contribution is 2.22. The molecule has 2 fully saturated rings. The van der Waals surface area contributed by atoms with Crippen LogP contribution in [0.25, 0.3) is 16.0 Å². The molecule has 0 saturated carbocycles. The molecule has 2 atom stereocenters. The van der Waals surface area contributed by atoms with Crippen molar-refractivity contribution in [2.75, 3.05) is 45.8 Å². The zero-order valence-corrected chi connectivity index (χ0v) is 19.8. The van der Waals surface area contributed by atoms with Gasteiger partial charge in [0, 0.05) is 46.3 Å². The quantitative estimate of drug-likeness (QED) is 0.587. The molecule has 0 aliphatic carbocycles. The average Bonchev–Trinajstić information content (AvgIpc) is 3.40. The number of aryl methyl sites for hydroxylation is 1. The van der Waals surface area contributed by atoms with Crippen LogP contribution in [0, 0.1) is 11.8 Å². The van der Waals surface area contributed by atoms with Crippen LogP contribution in [0.5, 0.6) is 0 Å². The first-order valence-electron chi connectivity index (χ1n) is 11.4. The minimum Gasteiger partial charge on any atom is -0.341 e. The maximum absolute atomic E-state index is 12.8. The summed E-state index contributed by atoms with van der Waals surface area (Å²) < 4.78 is 4.30. The fourth-order valence-electron chi connectivity index (χ4n) is 5.22. The van der Waals surface area contributed by atoms with Crippen molar-refractivity contribution in [2.45, 2.75) is 26.8 Å². The Hall–Kier alpha value is -2.30. The van der Waals surface area contributed by atoms with Crippen LogP contribution in [0.2, 0.25) is 0 Å². The molecule has 0 N–H and O–H groups in total. The van der Waals surface area contributed by atoms with Crippen molar-refractivity contribution in [3.63, 3.8) is 0 Å². The predicted molar refractivity (Wildman–Crippen MR) is 125 cm³/mol. The second-order valence-electron chi connectivity index (χ2n) is 9.55. The van der Waals surface area contributed by atoms with E-state index in [1.807, 2.05) is 15.8 Å². The number of thiophene rings is 1. The fourth-order valence-corrected chi connectivity index (χ4v) is 6.07. The number of carbonyl (C=O) groups excluding carboxylic acids is 1. The summed E-state index contributed by atoms with van der Waals surface area (Å²) in [4.78, 5) is 32.0. The summed E-state index contributed by atoms with van der Waals surface area (Å²) in [6.07, 6.45) is 1.21. The fraction of sp³-hybridized carbons (Fsp3) is 0.636. The minimum atomic E-state index is -0.0303. The number of hydrogen-bond donors (Lipinski definition) is 0. The van der Waals surface area contributed by atoms with E-state index in [1.54, 1.807) is 11.6 Å². The van der Waals surface area contributed by atoms with Crippen molar-refractivity contribution in [2.24, 2.45) is 18.9 Å². The number of amides is 1. The molecule has 172 valence electrons. The summed E-state index contributed by atoms with van der Waals surface area (Å²) in [7, 11) is 1.74. The summed E-state index contributed by atoms with van der Waals surface area (Å²) in [5.41, 5.74) is 0.847. The lowest BCUT2D eigenvalue weighted by Crippen LogP contribution is -2.51. The summed E-state index contributed by atoms with van der Waals surface area (Å²) in [5, 5.41) is 10.6. The molecule has 3 aromatic rings. The molecule has 0 bridgehead atoms. The number of likely N-dealkylation sites (tertiary alicyclic amines) is 1. The lowest BCUT2D eigenvalue weighted by molar-refractivity contribution is -0.135. The number of hydrogen-bond acceptors (Lipinski definition) is 7. The number of piperazine rings is 1. The first kappa shape index (κ1) is 21.5. The molecule has 0 spiro atoms. The van der Waals surface area contributed by atoms with Crippen molar-refractivity contribution in [3.8, 4) is 0 Å².